The lowest BCUT2D eigenvalue weighted by molar-refractivity contribution is -0.121. The minimum Gasteiger partial charge on any atom is -0.489 e. The highest BCUT2D eigenvalue weighted by Gasteiger charge is 2.12. The Morgan fingerprint density at radius 3 is 2.61 bits per heavy atom. The summed E-state index contributed by atoms with van der Waals surface area (Å²) >= 11 is 6.01. The predicted octanol–water partition coefficient (Wildman–Crippen LogP) is 4.94. The van der Waals surface area contributed by atoms with E-state index in [1.54, 1.807) is 0 Å². The van der Waals surface area contributed by atoms with E-state index in [0.29, 0.717) is 18.1 Å². The summed E-state index contributed by atoms with van der Waals surface area (Å²) in [5.41, 5.74) is 3.68. The van der Waals surface area contributed by atoms with Gasteiger partial charge in [-0.3, -0.25) is 4.79 Å². The molecule has 0 radical (unpaired) electrons. The molecule has 0 aliphatic carbocycles. The number of halogens is 1. The van der Waals surface area contributed by atoms with Gasteiger partial charge in [0.2, 0.25) is 5.91 Å². The number of hydrogen-bond acceptors (Lipinski definition) is 4. The van der Waals surface area contributed by atoms with Crippen LogP contribution in [0.2, 0.25) is 5.02 Å². The van der Waals surface area contributed by atoms with Crippen molar-refractivity contribution in [3.8, 4) is 5.75 Å². The molecule has 1 aromatic heterocycles. The van der Waals surface area contributed by atoms with Gasteiger partial charge in [-0.15, -0.1) is 0 Å². The van der Waals surface area contributed by atoms with E-state index >= 15 is 0 Å². The van der Waals surface area contributed by atoms with E-state index in [0.717, 1.165) is 33.9 Å². The van der Waals surface area contributed by atoms with Crippen LogP contribution in [0.25, 0.3) is 0 Å². The van der Waals surface area contributed by atoms with E-state index in [1.165, 1.54) is 0 Å². The van der Waals surface area contributed by atoms with Gasteiger partial charge in [0.15, 0.2) is 0 Å². The molecule has 146 valence electrons. The lowest BCUT2D eigenvalue weighted by atomic mass is 10.1. The van der Waals surface area contributed by atoms with Crippen LogP contribution in [0, 0.1) is 13.8 Å². The monoisotopic (exact) mass is 398 g/mol. The molecule has 28 heavy (non-hydrogen) atoms. The van der Waals surface area contributed by atoms with Gasteiger partial charge in [0, 0.05) is 5.02 Å². The number of nitrogens with one attached hydrogen (secondary N) is 1. The summed E-state index contributed by atoms with van der Waals surface area (Å²) in [6, 6.07) is 14.9. The topological polar surface area (TPSA) is 64.4 Å². The average molecular weight is 399 g/mol. The molecule has 0 saturated carbocycles. The summed E-state index contributed by atoms with van der Waals surface area (Å²) in [5.74, 6) is 1.45. The van der Waals surface area contributed by atoms with E-state index < -0.39 is 0 Å². The summed E-state index contributed by atoms with van der Waals surface area (Å²) in [5, 5.41) is 7.57. The number of carbonyl (C=O) groups is 1. The van der Waals surface area contributed by atoms with Crippen molar-refractivity contribution in [3.05, 3.63) is 81.7 Å². The van der Waals surface area contributed by atoms with E-state index in [-0.39, 0.29) is 11.9 Å². The zero-order valence-electron chi connectivity index (χ0n) is 16.2. The summed E-state index contributed by atoms with van der Waals surface area (Å²) in [6.07, 6.45) is 0.301. The average Bonchev–Trinajstić information content (AvgIpc) is 2.99. The summed E-state index contributed by atoms with van der Waals surface area (Å²) in [6.45, 7) is 6.10. The highest BCUT2D eigenvalue weighted by atomic mass is 35.5. The fourth-order valence-corrected chi connectivity index (χ4v) is 3.10. The number of carbonyl (C=O) groups excluding carboxylic acids is 1. The van der Waals surface area contributed by atoms with Gasteiger partial charge >= 0.3 is 0 Å². The van der Waals surface area contributed by atoms with Gasteiger partial charge in [0.05, 0.1) is 23.7 Å². The number of amides is 1. The molecule has 1 atom stereocenters. The van der Waals surface area contributed by atoms with Crippen LogP contribution in [-0.2, 0) is 17.8 Å². The molecule has 5 nitrogen and oxygen atoms in total. The lowest BCUT2D eigenvalue weighted by Gasteiger charge is -2.15. The lowest BCUT2D eigenvalue weighted by Crippen LogP contribution is -2.28. The minimum absolute atomic E-state index is 0.0446. The Morgan fingerprint density at radius 1 is 1.21 bits per heavy atom. The van der Waals surface area contributed by atoms with Crippen LogP contribution in [0.5, 0.6) is 5.75 Å². The Kier molecular flexibility index (Phi) is 6.37. The molecule has 1 heterocycles. The van der Waals surface area contributed by atoms with Crippen LogP contribution in [0.1, 0.15) is 41.1 Å². The molecular weight excluding hydrogens is 376 g/mol. The molecule has 0 aliphatic rings. The van der Waals surface area contributed by atoms with Crippen molar-refractivity contribution in [1.82, 2.24) is 10.5 Å². The minimum atomic E-state index is -0.108. The van der Waals surface area contributed by atoms with Crippen LogP contribution in [0.15, 0.2) is 53.1 Å². The van der Waals surface area contributed by atoms with Gasteiger partial charge in [-0.05, 0) is 56.2 Å². The van der Waals surface area contributed by atoms with Crippen molar-refractivity contribution in [3.63, 3.8) is 0 Å². The SMILES string of the molecule is Cc1noc(C)c1COc1ccc(CC(=O)NC(C)c2cccc(Cl)c2)cc1. The first kappa shape index (κ1) is 20.0. The molecule has 3 rings (SSSR count). The summed E-state index contributed by atoms with van der Waals surface area (Å²) < 4.78 is 10.9. The quantitative estimate of drug-likeness (QED) is 0.612. The molecule has 0 bridgehead atoms. The molecule has 0 saturated heterocycles. The third-order valence-corrected chi connectivity index (χ3v) is 4.81. The fourth-order valence-electron chi connectivity index (χ4n) is 2.90. The molecule has 3 aromatic rings. The maximum atomic E-state index is 12.3. The standard InChI is InChI=1S/C22H23ClN2O3/c1-14(18-5-4-6-19(23)12-18)24-22(26)11-17-7-9-20(10-8-17)27-13-21-15(2)25-28-16(21)3/h4-10,12,14H,11,13H2,1-3H3,(H,24,26). The molecule has 6 heteroatoms. The van der Waals surface area contributed by atoms with Gasteiger partial charge in [0.1, 0.15) is 18.1 Å². The Balaban J connectivity index is 1.53. The molecule has 0 aliphatic heterocycles. The van der Waals surface area contributed by atoms with Crippen molar-refractivity contribution in [2.45, 2.75) is 39.8 Å². The number of nitrogens with zero attached hydrogens (tertiary/aromatic N) is 1. The third-order valence-electron chi connectivity index (χ3n) is 4.58. The number of hydrogen-bond donors (Lipinski definition) is 1. The first-order valence-corrected chi connectivity index (χ1v) is 9.48. The zero-order chi connectivity index (χ0) is 20.1. The molecule has 1 amide bonds. The second-order valence-electron chi connectivity index (χ2n) is 6.76. The Hall–Kier alpha value is -2.79. The van der Waals surface area contributed by atoms with Gasteiger partial charge in [-0.2, -0.15) is 0 Å². The van der Waals surface area contributed by atoms with Gasteiger partial charge in [-0.25, -0.2) is 0 Å². The van der Waals surface area contributed by atoms with Crippen LogP contribution < -0.4 is 10.1 Å². The van der Waals surface area contributed by atoms with Crippen molar-refractivity contribution in [1.29, 1.82) is 0 Å². The van der Waals surface area contributed by atoms with E-state index in [4.69, 9.17) is 20.9 Å². The Morgan fingerprint density at radius 2 is 1.96 bits per heavy atom. The van der Waals surface area contributed by atoms with Crippen LogP contribution in [-0.4, -0.2) is 11.1 Å². The number of rotatable bonds is 7. The second kappa shape index (κ2) is 8.93. The smallest absolute Gasteiger partial charge is 0.224 e. The molecule has 2 aromatic carbocycles. The van der Waals surface area contributed by atoms with Gasteiger partial charge in [-0.1, -0.05) is 41.0 Å². The molecular formula is C22H23ClN2O3. The molecule has 0 fully saturated rings. The first-order chi connectivity index (χ1) is 13.4. The van der Waals surface area contributed by atoms with E-state index in [1.807, 2.05) is 69.3 Å². The molecule has 1 unspecified atom stereocenters. The normalized spacial score (nSPS) is 11.9. The summed E-state index contributed by atoms with van der Waals surface area (Å²) in [4.78, 5) is 12.3. The second-order valence-corrected chi connectivity index (χ2v) is 7.19. The maximum absolute atomic E-state index is 12.3. The van der Waals surface area contributed by atoms with Crippen LogP contribution in [0.3, 0.4) is 0 Å². The highest BCUT2D eigenvalue weighted by molar-refractivity contribution is 6.30. The van der Waals surface area contributed by atoms with Crippen molar-refractivity contribution in [2.75, 3.05) is 0 Å². The molecule has 0 spiro atoms. The third kappa shape index (κ3) is 5.14. The largest absolute Gasteiger partial charge is 0.489 e. The number of ether oxygens (including phenoxy) is 1. The van der Waals surface area contributed by atoms with E-state index in [2.05, 4.69) is 10.5 Å². The van der Waals surface area contributed by atoms with Crippen molar-refractivity contribution < 1.29 is 14.1 Å². The highest BCUT2D eigenvalue weighted by Crippen LogP contribution is 2.19. The predicted molar refractivity (Wildman–Crippen MR) is 108 cm³/mol. The van der Waals surface area contributed by atoms with Crippen molar-refractivity contribution >= 4 is 17.5 Å². The van der Waals surface area contributed by atoms with Crippen molar-refractivity contribution in [2.24, 2.45) is 0 Å². The number of aromatic nitrogens is 1. The van der Waals surface area contributed by atoms with Gasteiger partial charge in [0.25, 0.3) is 0 Å². The van der Waals surface area contributed by atoms with Crippen LogP contribution in [0.4, 0.5) is 0 Å². The number of benzene rings is 2. The Labute approximate surface area is 169 Å². The zero-order valence-corrected chi connectivity index (χ0v) is 16.9. The van der Waals surface area contributed by atoms with Crippen LogP contribution >= 0.6 is 11.6 Å². The summed E-state index contributed by atoms with van der Waals surface area (Å²) in [7, 11) is 0. The van der Waals surface area contributed by atoms with Gasteiger partial charge < -0.3 is 14.6 Å². The first-order valence-electron chi connectivity index (χ1n) is 9.10. The Bertz CT molecular complexity index is 931. The molecule has 1 N–H and O–H groups in total. The fraction of sp³-hybridized carbons (Fsp3) is 0.273. The maximum Gasteiger partial charge on any atom is 0.224 e. The number of aryl methyl sites for hydroxylation is 2. The van der Waals surface area contributed by atoms with E-state index in [9.17, 15) is 4.79 Å².